The molecule has 0 bridgehead atoms. The molecular formula is C24H25FN2O3. The first-order valence-corrected chi connectivity index (χ1v) is 10.5. The van der Waals surface area contributed by atoms with E-state index in [1.165, 1.54) is 6.07 Å². The lowest BCUT2D eigenvalue weighted by atomic mass is 9.89. The zero-order valence-electron chi connectivity index (χ0n) is 16.9. The predicted molar refractivity (Wildman–Crippen MR) is 111 cm³/mol. The summed E-state index contributed by atoms with van der Waals surface area (Å²) >= 11 is 0. The maximum Gasteiger partial charge on any atom is 0.242 e. The number of rotatable bonds is 5. The van der Waals surface area contributed by atoms with Gasteiger partial charge in [0, 0.05) is 43.1 Å². The van der Waals surface area contributed by atoms with Gasteiger partial charge in [-0.25, -0.2) is 4.39 Å². The molecule has 0 aromatic heterocycles. The molecule has 2 fully saturated rings. The Morgan fingerprint density at radius 3 is 2.53 bits per heavy atom. The normalized spacial score (nSPS) is 19.2. The average Bonchev–Trinajstić information content (AvgIpc) is 3.18. The van der Waals surface area contributed by atoms with Crippen LogP contribution in [0.15, 0.2) is 48.5 Å². The number of Topliss-reactive ketones (excluding diaryl/α,β-unsaturated/α-hetero) is 1. The van der Waals surface area contributed by atoms with E-state index in [9.17, 15) is 18.8 Å². The van der Waals surface area contributed by atoms with Gasteiger partial charge in [0.15, 0.2) is 5.78 Å². The minimum atomic E-state index is -0.427. The Hall–Kier alpha value is -3.02. The summed E-state index contributed by atoms with van der Waals surface area (Å²) in [4.78, 5) is 40.7. The quantitative estimate of drug-likeness (QED) is 0.711. The number of nitrogens with zero attached hydrogens (tertiary/aromatic N) is 2. The highest BCUT2D eigenvalue weighted by atomic mass is 19.1. The molecule has 2 aromatic rings. The molecule has 156 valence electrons. The van der Waals surface area contributed by atoms with Crippen LogP contribution in [0.25, 0.3) is 11.1 Å². The zero-order valence-corrected chi connectivity index (χ0v) is 16.9. The van der Waals surface area contributed by atoms with E-state index in [0.29, 0.717) is 43.6 Å². The molecule has 1 atom stereocenters. The third kappa shape index (κ3) is 4.27. The largest absolute Gasteiger partial charge is 0.340 e. The molecule has 2 aliphatic rings. The number of likely N-dealkylation sites (tertiary alicyclic amines) is 2. The molecule has 2 heterocycles. The van der Waals surface area contributed by atoms with E-state index in [2.05, 4.69) is 0 Å². The van der Waals surface area contributed by atoms with Gasteiger partial charge in [-0.1, -0.05) is 42.5 Å². The topological polar surface area (TPSA) is 57.7 Å². The van der Waals surface area contributed by atoms with Gasteiger partial charge in [0.1, 0.15) is 5.82 Å². The Morgan fingerprint density at radius 1 is 1.03 bits per heavy atom. The summed E-state index contributed by atoms with van der Waals surface area (Å²) in [6, 6.07) is 13.8. The van der Waals surface area contributed by atoms with Crippen LogP contribution in [0.2, 0.25) is 0 Å². The molecule has 30 heavy (non-hydrogen) atoms. The van der Waals surface area contributed by atoms with Gasteiger partial charge in [-0.05, 0) is 30.9 Å². The standard InChI is InChI=1S/C24H25FN2O3/c25-21-14-18(10-11-20(21)17-6-2-1-3-7-17)24(30)19-8-4-12-26(15-19)23(29)16-27-13-5-9-22(27)28/h1-3,6-7,10-11,14,19H,4-5,8-9,12-13,15-16H2/t19-/m0/s1. The SMILES string of the molecule is O=C(c1ccc(-c2ccccc2)c(F)c1)[C@H]1CCCN(C(=O)CN2CCCC2=O)C1. The molecule has 0 radical (unpaired) electrons. The van der Waals surface area contributed by atoms with Crippen LogP contribution in [0.5, 0.6) is 0 Å². The van der Waals surface area contributed by atoms with Gasteiger partial charge in [0.25, 0.3) is 0 Å². The highest BCUT2D eigenvalue weighted by Gasteiger charge is 2.31. The van der Waals surface area contributed by atoms with E-state index >= 15 is 0 Å². The summed E-state index contributed by atoms with van der Waals surface area (Å²) in [7, 11) is 0. The van der Waals surface area contributed by atoms with Gasteiger partial charge in [0.05, 0.1) is 6.54 Å². The Morgan fingerprint density at radius 2 is 1.83 bits per heavy atom. The van der Waals surface area contributed by atoms with Gasteiger partial charge in [-0.3, -0.25) is 14.4 Å². The van der Waals surface area contributed by atoms with Crippen LogP contribution in [0.4, 0.5) is 4.39 Å². The van der Waals surface area contributed by atoms with Crippen LogP contribution < -0.4 is 0 Å². The van der Waals surface area contributed by atoms with Crippen molar-refractivity contribution < 1.29 is 18.8 Å². The van der Waals surface area contributed by atoms with Crippen molar-refractivity contribution in [2.75, 3.05) is 26.2 Å². The molecule has 2 saturated heterocycles. The molecule has 0 N–H and O–H groups in total. The summed E-state index contributed by atoms with van der Waals surface area (Å²) in [6.07, 6.45) is 2.69. The van der Waals surface area contributed by atoms with Crippen LogP contribution in [0.3, 0.4) is 0 Å². The molecule has 0 saturated carbocycles. The number of hydrogen-bond donors (Lipinski definition) is 0. The first kappa shape index (κ1) is 20.3. The van der Waals surface area contributed by atoms with Gasteiger partial charge in [0.2, 0.25) is 11.8 Å². The van der Waals surface area contributed by atoms with Crippen LogP contribution >= 0.6 is 0 Å². The van der Waals surface area contributed by atoms with Crippen molar-refractivity contribution in [3.8, 4) is 11.1 Å². The van der Waals surface area contributed by atoms with E-state index in [1.807, 2.05) is 30.3 Å². The minimum absolute atomic E-state index is 0.0157. The molecule has 0 aliphatic carbocycles. The summed E-state index contributed by atoms with van der Waals surface area (Å²) in [5, 5.41) is 0. The van der Waals surface area contributed by atoms with E-state index in [4.69, 9.17) is 0 Å². The molecule has 6 heteroatoms. The molecule has 5 nitrogen and oxygen atoms in total. The van der Waals surface area contributed by atoms with Gasteiger partial charge in [-0.15, -0.1) is 0 Å². The van der Waals surface area contributed by atoms with Crippen molar-refractivity contribution in [2.45, 2.75) is 25.7 Å². The molecular weight excluding hydrogens is 383 g/mol. The number of piperidine rings is 1. The minimum Gasteiger partial charge on any atom is -0.340 e. The van der Waals surface area contributed by atoms with Crippen molar-refractivity contribution in [3.63, 3.8) is 0 Å². The lowest BCUT2D eigenvalue weighted by molar-refractivity contribution is -0.139. The van der Waals surface area contributed by atoms with Crippen molar-refractivity contribution in [3.05, 3.63) is 59.9 Å². The number of carbonyl (C=O) groups is 3. The maximum atomic E-state index is 14.7. The van der Waals surface area contributed by atoms with Gasteiger partial charge < -0.3 is 9.80 Å². The Labute approximate surface area is 175 Å². The second-order valence-corrected chi connectivity index (χ2v) is 8.02. The highest BCUT2D eigenvalue weighted by molar-refractivity contribution is 5.99. The maximum absolute atomic E-state index is 14.7. The fourth-order valence-corrected chi connectivity index (χ4v) is 4.31. The van der Waals surface area contributed by atoms with Gasteiger partial charge >= 0.3 is 0 Å². The number of amides is 2. The molecule has 4 rings (SSSR count). The monoisotopic (exact) mass is 408 g/mol. The number of ketones is 1. The smallest absolute Gasteiger partial charge is 0.242 e. The Bertz CT molecular complexity index is 960. The van der Waals surface area contributed by atoms with E-state index < -0.39 is 5.82 Å². The molecule has 2 aliphatic heterocycles. The summed E-state index contributed by atoms with van der Waals surface area (Å²) in [5.74, 6) is -1.01. The molecule has 2 amide bonds. The first-order valence-electron chi connectivity index (χ1n) is 10.5. The van der Waals surface area contributed by atoms with Crippen molar-refractivity contribution in [1.82, 2.24) is 9.80 Å². The summed E-state index contributed by atoms with van der Waals surface area (Å²) in [5.41, 5.74) is 1.56. The Balaban J connectivity index is 1.43. The third-order valence-electron chi connectivity index (χ3n) is 5.98. The van der Waals surface area contributed by atoms with Crippen molar-refractivity contribution in [2.24, 2.45) is 5.92 Å². The number of benzene rings is 2. The highest BCUT2D eigenvalue weighted by Crippen LogP contribution is 2.26. The predicted octanol–water partition coefficient (Wildman–Crippen LogP) is 3.54. The van der Waals surface area contributed by atoms with E-state index in [1.54, 1.807) is 21.9 Å². The molecule has 2 aromatic carbocycles. The second kappa shape index (κ2) is 8.78. The van der Waals surface area contributed by atoms with Crippen molar-refractivity contribution in [1.29, 1.82) is 0 Å². The lowest BCUT2D eigenvalue weighted by Gasteiger charge is -2.33. The van der Waals surface area contributed by atoms with Crippen LogP contribution in [-0.2, 0) is 9.59 Å². The lowest BCUT2D eigenvalue weighted by Crippen LogP contribution is -2.46. The number of halogens is 1. The second-order valence-electron chi connectivity index (χ2n) is 8.02. The summed E-state index contributed by atoms with van der Waals surface area (Å²) in [6.45, 7) is 1.61. The number of carbonyl (C=O) groups excluding carboxylic acids is 3. The number of hydrogen-bond acceptors (Lipinski definition) is 3. The average molecular weight is 408 g/mol. The van der Waals surface area contributed by atoms with Gasteiger partial charge in [-0.2, -0.15) is 0 Å². The molecule has 0 unspecified atom stereocenters. The summed E-state index contributed by atoms with van der Waals surface area (Å²) < 4.78 is 14.7. The van der Waals surface area contributed by atoms with Crippen LogP contribution in [-0.4, -0.2) is 53.6 Å². The zero-order chi connectivity index (χ0) is 21.1. The fraction of sp³-hybridized carbons (Fsp3) is 0.375. The van der Waals surface area contributed by atoms with Crippen molar-refractivity contribution >= 4 is 17.6 Å². The molecule has 0 spiro atoms. The van der Waals surface area contributed by atoms with Crippen LogP contribution in [0.1, 0.15) is 36.0 Å². The first-order chi connectivity index (χ1) is 14.5. The van der Waals surface area contributed by atoms with E-state index in [0.717, 1.165) is 18.4 Å². The van der Waals surface area contributed by atoms with E-state index in [-0.39, 0.29) is 30.1 Å². The van der Waals surface area contributed by atoms with Crippen LogP contribution in [0, 0.1) is 11.7 Å². The fourth-order valence-electron chi connectivity index (χ4n) is 4.31. The Kier molecular flexibility index (Phi) is 5.93. The third-order valence-corrected chi connectivity index (χ3v) is 5.98.